The number of halogens is 1. The van der Waals surface area contributed by atoms with Crippen molar-refractivity contribution in [2.24, 2.45) is 4.99 Å². The van der Waals surface area contributed by atoms with Crippen LogP contribution in [0.15, 0.2) is 47.5 Å². The number of carbonyl (C=O) groups is 1. The van der Waals surface area contributed by atoms with Crippen LogP contribution < -0.4 is 5.32 Å². The molecule has 1 N–H and O–H groups in total. The van der Waals surface area contributed by atoms with Crippen LogP contribution >= 0.6 is 0 Å². The summed E-state index contributed by atoms with van der Waals surface area (Å²) < 4.78 is 14.3. The molecule has 1 aliphatic heterocycles. The van der Waals surface area contributed by atoms with Crippen molar-refractivity contribution >= 4 is 23.0 Å². The maximum Gasteiger partial charge on any atom is 0.385 e. The minimum Gasteiger partial charge on any atom is -0.323 e. The van der Waals surface area contributed by atoms with E-state index in [1.54, 1.807) is 50.2 Å². The SMILES string of the molecule is CC1(C)N=C(c2ccccc2F)c2cc([N+]#N)ccc2NC1=O. The lowest BCUT2D eigenvalue weighted by Crippen LogP contribution is -2.34. The molecule has 2 aromatic rings. The summed E-state index contributed by atoms with van der Waals surface area (Å²) in [5.74, 6) is -0.729. The van der Waals surface area contributed by atoms with Gasteiger partial charge in [0.2, 0.25) is 5.39 Å². The van der Waals surface area contributed by atoms with Gasteiger partial charge >= 0.3 is 5.69 Å². The van der Waals surface area contributed by atoms with Gasteiger partial charge in [-0.15, -0.1) is 0 Å². The van der Waals surface area contributed by atoms with Gasteiger partial charge in [0.15, 0.2) is 4.98 Å². The summed E-state index contributed by atoms with van der Waals surface area (Å²) in [7, 11) is 0. The lowest BCUT2D eigenvalue weighted by Gasteiger charge is -2.17. The number of nitrogens with zero attached hydrogens (tertiary/aromatic N) is 3. The van der Waals surface area contributed by atoms with E-state index in [9.17, 15) is 9.18 Å². The number of nitrogens with one attached hydrogen (secondary N) is 1. The van der Waals surface area contributed by atoms with E-state index in [0.717, 1.165) is 0 Å². The molecule has 0 aliphatic carbocycles. The third-order valence-electron chi connectivity index (χ3n) is 3.70. The zero-order valence-corrected chi connectivity index (χ0v) is 12.7. The molecule has 23 heavy (non-hydrogen) atoms. The summed E-state index contributed by atoms with van der Waals surface area (Å²) in [5, 5.41) is 11.8. The van der Waals surface area contributed by atoms with E-state index in [0.29, 0.717) is 22.6 Å². The predicted molar refractivity (Wildman–Crippen MR) is 85.9 cm³/mol. The minimum absolute atomic E-state index is 0.286. The molecule has 0 aromatic heterocycles. The number of hydrogen-bond acceptors (Lipinski definition) is 3. The van der Waals surface area contributed by atoms with Crippen LogP contribution in [0.25, 0.3) is 4.98 Å². The van der Waals surface area contributed by atoms with E-state index in [1.165, 1.54) is 6.07 Å². The molecule has 3 rings (SSSR count). The van der Waals surface area contributed by atoms with Crippen molar-refractivity contribution in [3.63, 3.8) is 0 Å². The topological polar surface area (TPSA) is 69.6 Å². The van der Waals surface area contributed by atoms with Gasteiger partial charge in [-0.2, -0.15) is 0 Å². The highest BCUT2D eigenvalue weighted by molar-refractivity contribution is 6.20. The van der Waals surface area contributed by atoms with Gasteiger partial charge in [0.05, 0.1) is 11.4 Å². The van der Waals surface area contributed by atoms with Crippen LogP contribution in [-0.4, -0.2) is 17.2 Å². The van der Waals surface area contributed by atoms with E-state index in [-0.39, 0.29) is 11.5 Å². The van der Waals surface area contributed by atoms with Crippen LogP contribution in [0.3, 0.4) is 0 Å². The molecular weight excluding hydrogens is 295 g/mol. The summed E-state index contributed by atoms with van der Waals surface area (Å²) >= 11 is 0. The van der Waals surface area contributed by atoms with Gasteiger partial charge in [0.25, 0.3) is 5.91 Å². The lowest BCUT2D eigenvalue weighted by molar-refractivity contribution is -0.119. The molecule has 0 fully saturated rings. The number of benzene rings is 2. The fourth-order valence-electron chi connectivity index (χ4n) is 2.42. The van der Waals surface area contributed by atoms with Crippen LogP contribution in [0, 0.1) is 11.2 Å². The number of carbonyl (C=O) groups excluding carboxylic acids is 1. The standard InChI is InChI=1S/C17H13FN4O/c1-17(2)16(23)20-14-8-7-10(22-19)9-12(14)15(21-17)11-5-3-4-6-13(11)18/h3-9H,1-2H3/p+1. The largest absolute Gasteiger partial charge is 0.385 e. The summed E-state index contributed by atoms with van der Waals surface area (Å²) in [5.41, 5.74) is 0.856. The first-order valence-corrected chi connectivity index (χ1v) is 7.08. The highest BCUT2D eigenvalue weighted by Gasteiger charge is 2.33. The number of aliphatic imine (C=N–C) groups is 1. The van der Waals surface area contributed by atoms with Crippen LogP contribution in [-0.2, 0) is 4.79 Å². The second kappa shape index (κ2) is 5.29. The molecule has 0 radical (unpaired) electrons. The Bertz CT molecular complexity index is 880. The van der Waals surface area contributed by atoms with Crippen molar-refractivity contribution in [3.8, 4) is 0 Å². The zero-order valence-electron chi connectivity index (χ0n) is 12.7. The number of rotatable bonds is 1. The second-order valence-corrected chi connectivity index (χ2v) is 5.78. The summed E-state index contributed by atoms with van der Waals surface area (Å²) in [4.78, 5) is 20.0. The van der Waals surface area contributed by atoms with Crippen molar-refractivity contribution in [3.05, 3.63) is 64.4 Å². The molecule has 0 unspecified atom stereocenters. The normalized spacial score (nSPS) is 15.7. The molecule has 1 heterocycles. The van der Waals surface area contributed by atoms with Crippen LogP contribution in [0.4, 0.5) is 15.8 Å². The van der Waals surface area contributed by atoms with Gasteiger partial charge in [-0.25, -0.2) is 4.39 Å². The average molecular weight is 309 g/mol. The zero-order chi connectivity index (χ0) is 16.6. The van der Waals surface area contributed by atoms with Gasteiger partial charge in [-0.05, 0) is 32.0 Å². The van der Waals surface area contributed by atoms with Gasteiger partial charge in [-0.1, -0.05) is 12.1 Å². The molecule has 114 valence electrons. The van der Waals surface area contributed by atoms with Crippen molar-refractivity contribution in [2.75, 3.05) is 5.32 Å². The molecular formula is C17H14FN4O+. The van der Waals surface area contributed by atoms with E-state index < -0.39 is 11.4 Å². The van der Waals surface area contributed by atoms with Crippen molar-refractivity contribution in [1.82, 2.24) is 0 Å². The van der Waals surface area contributed by atoms with E-state index >= 15 is 0 Å². The first-order valence-electron chi connectivity index (χ1n) is 7.08. The van der Waals surface area contributed by atoms with E-state index in [1.807, 2.05) is 0 Å². The monoisotopic (exact) mass is 309 g/mol. The fraction of sp³-hybridized carbons (Fsp3) is 0.176. The summed E-state index contributed by atoms with van der Waals surface area (Å²) in [6, 6.07) is 11.0. The summed E-state index contributed by atoms with van der Waals surface area (Å²) in [6.07, 6.45) is 0. The Morgan fingerprint density at radius 3 is 2.61 bits per heavy atom. The third-order valence-corrected chi connectivity index (χ3v) is 3.70. The van der Waals surface area contributed by atoms with Crippen LogP contribution in [0.1, 0.15) is 25.0 Å². The average Bonchev–Trinajstić information content (AvgIpc) is 2.62. The van der Waals surface area contributed by atoms with E-state index in [4.69, 9.17) is 5.39 Å². The number of amides is 1. The van der Waals surface area contributed by atoms with Crippen molar-refractivity contribution < 1.29 is 9.18 Å². The van der Waals surface area contributed by atoms with Gasteiger partial charge in [0, 0.05) is 23.3 Å². The lowest BCUT2D eigenvalue weighted by atomic mass is 9.99. The maximum atomic E-state index is 14.3. The van der Waals surface area contributed by atoms with Crippen molar-refractivity contribution in [1.29, 1.82) is 5.39 Å². The Morgan fingerprint density at radius 1 is 1.17 bits per heavy atom. The molecule has 0 bridgehead atoms. The minimum atomic E-state index is -1.06. The van der Waals surface area contributed by atoms with Crippen LogP contribution in [0.2, 0.25) is 0 Å². The molecule has 5 nitrogen and oxygen atoms in total. The molecule has 0 atom stereocenters. The molecule has 0 saturated heterocycles. The molecule has 1 aliphatic rings. The highest BCUT2D eigenvalue weighted by Crippen LogP contribution is 2.31. The Labute approximate surface area is 132 Å². The van der Waals surface area contributed by atoms with Gasteiger partial charge < -0.3 is 5.32 Å². The van der Waals surface area contributed by atoms with Gasteiger partial charge in [0.1, 0.15) is 11.4 Å². The highest BCUT2D eigenvalue weighted by atomic mass is 19.1. The molecule has 0 spiro atoms. The molecule has 1 amide bonds. The quantitative estimate of drug-likeness (QED) is 0.812. The number of fused-ring (bicyclic) bond motifs is 1. The van der Waals surface area contributed by atoms with Crippen molar-refractivity contribution in [2.45, 2.75) is 19.4 Å². The first kappa shape index (κ1) is 14.9. The first-order chi connectivity index (χ1) is 10.9. The number of hydrogen-bond donors (Lipinski definition) is 1. The van der Waals surface area contributed by atoms with Crippen LogP contribution in [0.5, 0.6) is 0 Å². The molecule has 0 saturated carbocycles. The Kier molecular flexibility index (Phi) is 3.41. The Hall–Kier alpha value is -3.07. The van der Waals surface area contributed by atoms with E-state index in [2.05, 4.69) is 15.3 Å². The predicted octanol–water partition coefficient (Wildman–Crippen LogP) is 3.88. The van der Waals surface area contributed by atoms with Gasteiger partial charge in [-0.3, -0.25) is 9.79 Å². The molecule has 6 heteroatoms. The number of diazo groups is 1. The fourth-order valence-corrected chi connectivity index (χ4v) is 2.42. The number of anilines is 1. The maximum absolute atomic E-state index is 14.3. The summed E-state index contributed by atoms with van der Waals surface area (Å²) in [6.45, 7) is 3.32. The smallest absolute Gasteiger partial charge is 0.323 e. The Balaban J connectivity index is 2.33. The number of benzodiazepines with no additional fused rings is 1. The third kappa shape index (κ3) is 2.57. The Morgan fingerprint density at radius 2 is 1.91 bits per heavy atom. The molecule has 2 aromatic carbocycles. The second-order valence-electron chi connectivity index (χ2n) is 5.78.